The third-order valence-corrected chi connectivity index (χ3v) is 2.45. The molecular formula is C8H10BrF3N4O. The van der Waals surface area contributed by atoms with Crippen molar-refractivity contribution in [1.82, 2.24) is 9.97 Å². The van der Waals surface area contributed by atoms with E-state index in [1.807, 2.05) is 0 Å². The fourth-order valence-electron chi connectivity index (χ4n) is 0.996. The van der Waals surface area contributed by atoms with E-state index in [4.69, 9.17) is 10.6 Å². The summed E-state index contributed by atoms with van der Waals surface area (Å²) in [6, 6.07) is 0. The van der Waals surface area contributed by atoms with Gasteiger partial charge in [-0.25, -0.2) is 15.8 Å². The molecule has 0 aromatic carbocycles. The Bertz CT molecular complexity index is 374. The van der Waals surface area contributed by atoms with E-state index in [2.05, 4.69) is 31.3 Å². The van der Waals surface area contributed by atoms with Gasteiger partial charge >= 0.3 is 6.18 Å². The number of ether oxygens (including phenoxy) is 1. The second kappa shape index (κ2) is 6.01. The van der Waals surface area contributed by atoms with Gasteiger partial charge in [0.15, 0.2) is 5.82 Å². The second-order valence-electron chi connectivity index (χ2n) is 3.05. The fraction of sp³-hybridized carbons (Fsp3) is 0.500. The molecule has 17 heavy (non-hydrogen) atoms. The van der Waals surface area contributed by atoms with E-state index in [9.17, 15) is 13.2 Å². The quantitative estimate of drug-likeness (QED) is 0.495. The minimum Gasteiger partial charge on any atom is -0.477 e. The van der Waals surface area contributed by atoms with Gasteiger partial charge in [-0.05, 0) is 22.4 Å². The first-order valence-electron chi connectivity index (χ1n) is 4.60. The predicted molar refractivity (Wildman–Crippen MR) is 58.3 cm³/mol. The Balaban J connectivity index is 2.47. The monoisotopic (exact) mass is 314 g/mol. The molecule has 0 amide bonds. The molecule has 0 bridgehead atoms. The Kier molecular flexibility index (Phi) is 4.94. The molecule has 0 radical (unpaired) electrons. The smallest absolute Gasteiger partial charge is 0.389 e. The average molecular weight is 315 g/mol. The van der Waals surface area contributed by atoms with Crippen molar-refractivity contribution in [3.8, 4) is 5.88 Å². The molecule has 0 unspecified atom stereocenters. The molecule has 96 valence electrons. The molecule has 1 heterocycles. The van der Waals surface area contributed by atoms with Crippen LogP contribution >= 0.6 is 15.9 Å². The topological polar surface area (TPSA) is 73.1 Å². The van der Waals surface area contributed by atoms with Crippen molar-refractivity contribution in [2.45, 2.75) is 19.0 Å². The number of nitrogens with one attached hydrogen (secondary N) is 1. The van der Waals surface area contributed by atoms with Gasteiger partial charge in [0, 0.05) is 6.42 Å². The maximum Gasteiger partial charge on any atom is 0.389 e. The van der Waals surface area contributed by atoms with Crippen LogP contribution in [0.3, 0.4) is 0 Å². The van der Waals surface area contributed by atoms with Crippen molar-refractivity contribution in [3.05, 3.63) is 10.8 Å². The van der Waals surface area contributed by atoms with E-state index in [0.29, 0.717) is 10.3 Å². The van der Waals surface area contributed by atoms with Crippen LogP contribution in [0.1, 0.15) is 12.8 Å². The van der Waals surface area contributed by atoms with Gasteiger partial charge in [-0.3, -0.25) is 0 Å². The summed E-state index contributed by atoms with van der Waals surface area (Å²) in [5, 5.41) is 0. The van der Waals surface area contributed by atoms with Crippen molar-refractivity contribution < 1.29 is 17.9 Å². The zero-order valence-electron chi connectivity index (χ0n) is 8.59. The van der Waals surface area contributed by atoms with Crippen LogP contribution in [0.5, 0.6) is 5.88 Å². The molecule has 0 aliphatic rings. The number of rotatable bonds is 5. The summed E-state index contributed by atoms with van der Waals surface area (Å²) in [7, 11) is 0. The lowest BCUT2D eigenvalue weighted by molar-refractivity contribution is -0.136. The molecular weight excluding hydrogens is 305 g/mol. The van der Waals surface area contributed by atoms with Crippen molar-refractivity contribution in [1.29, 1.82) is 0 Å². The first-order chi connectivity index (χ1) is 7.94. The Hall–Kier alpha value is -1.09. The molecule has 5 nitrogen and oxygen atoms in total. The average Bonchev–Trinajstić information content (AvgIpc) is 2.25. The summed E-state index contributed by atoms with van der Waals surface area (Å²) in [5.41, 5.74) is 2.29. The summed E-state index contributed by atoms with van der Waals surface area (Å²) in [4.78, 5) is 7.53. The highest BCUT2D eigenvalue weighted by atomic mass is 79.9. The van der Waals surface area contributed by atoms with Crippen LogP contribution in [0.4, 0.5) is 19.0 Å². The summed E-state index contributed by atoms with van der Waals surface area (Å²) in [6.07, 6.45) is -4.00. The van der Waals surface area contributed by atoms with Crippen molar-refractivity contribution in [2.75, 3.05) is 12.0 Å². The van der Waals surface area contributed by atoms with Crippen LogP contribution in [-0.2, 0) is 0 Å². The maximum atomic E-state index is 11.9. The molecule has 1 aromatic heterocycles. The van der Waals surface area contributed by atoms with E-state index >= 15 is 0 Å². The minimum atomic E-state index is -4.17. The number of hydrogen-bond donors (Lipinski definition) is 2. The SMILES string of the molecule is NNc1ncnc(OCCCC(F)(F)F)c1Br. The van der Waals surface area contributed by atoms with Crippen LogP contribution in [0, 0.1) is 0 Å². The molecule has 0 spiro atoms. The van der Waals surface area contributed by atoms with Gasteiger partial charge in [-0.1, -0.05) is 0 Å². The zero-order valence-corrected chi connectivity index (χ0v) is 10.2. The first-order valence-corrected chi connectivity index (χ1v) is 5.40. The molecule has 0 fully saturated rings. The number of halogens is 4. The normalized spacial score (nSPS) is 11.4. The number of nitrogens with two attached hydrogens (primary N) is 1. The standard InChI is InChI=1S/C8H10BrF3N4O/c9-5-6(16-13)14-4-15-7(5)17-3-1-2-8(10,11)12/h4H,1-3,13H2,(H,14,15,16). The predicted octanol–water partition coefficient (Wildman–Crippen LogP) is 2.25. The van der Waals surface area contributed by atoms with Crippen LogP contribution in [0.2, 0.25) is 0 Å². The molecule has 0 aliphatic carbocycles. The lowest BCUT2D eigenvalue weighted by atomic mass is 10.3. The Morgan fingerprint density at radius 2 is 2.12 bits per heavy atom. The molecule has 3 N–H and O–H groups in total. The van der Waals surface area contributed by atoms with Gasteiger partial charge in [-0.15, -0.1) is 0 Å². The van der Waals surface area contributed by atoms with Crippen molar-refractivity contribution >= 4 is 21.7 Å². The number of nitrogens with zero attached hydrogens (tertiary/aromatic N) is 2. The Morgan fingerprint density at radius 3 is 2.71 bits per heavy atom. The number of alkyl halides is 3. The van der Waals surface area contributed by atoms with Crippen molar-refractivity contribution in [3.63, 3.8) is 0 Å². The van der Waals surface area contributed by atoms with E-state index < -0.39 is 12.6 Å². The molecule has 1 rings (SSSR count). The number of nitrogen functional groups attached to an aromatic ring is 1. The van der Waals surface area contributed by atoms with E-state index in [0.717, 1.165) is 0 Å². The molecule has 0 atom stereocenters. The van der Waals surface area contributed by atoms with Crippen LogP contribution in [0.15, 0.2) is 10.8 Å². The summed E-state index contributed by atoms with van der Waals surface area (Å²) < 4.78 is 41.0. The van der Waals surface area contributed by atoms with E-state index in [1.54, 1.807) is 0 Å². The van der Waals surface area contributed by atoms with E-state index in [-0.39, 0.29) is 18.9 Å². The third-order valence-electron chi connectivity index (χ3n) is 1.74. The fourth-order valence-corrected chi connectivity index (χ4v) is 1.43. The van der Waals surface area contributed by atoms with Gasteiger partial charge in [0.2, 0.25) is 5.88 Å². The van der Waals surface area contributed by atoms with Crippen molar-refractivity contribution in [2.24, 2.45) is 5.84 Å². The Morgan fingerprint density at radius 1 is 1.41 bits per heavy atom. The summed E-state index contributed by atoms with van der Waals surface area (Å²) in [5.74, 6) is 5.60. The first kappa shape index (κ1) is 14.0. The number of hydrazine groups is 1. The molecule has 0 aliphatic heterocycles. The highest BCUT2D eigenvalue weighted by Crippen LogP contribution is 2.28. The summed E-state index contributed by atoms with van der Waals surface area (Å²) in [6.45, 7) is -0.0842. The molecule has 0 saturated heterocycles. The van der Waals surface area contributed by atoms with Gasteiger partial charge in [0.1, 0.15) is 10.8 Å². The minimum absolute atomic E-state index is 0.0842. The zero-order chi connectivity index (χ0) is 12.9. The van der Waals surface area contributed by atoms with Gasteiger partial charge in [0.25, 0.3) is 0 Å². The molecule has 9 heteroatoms. The Labute approximate surface area is 104 Å². The second-order valence-corrected chi connectivity index (χ2v) is 3.85. The molecule has 0 saturated carbocycles. The van der Waals surface area contributed by atoms with E-state index in [1.165, 1.54) is 6.33 Å². The number of aromatic nitrogens is 2. The lowest BCUT2D eigenvalue weighted by Gasteiger charge is -2.09. The number of anilines is 1. The van der Waals surface area contributed by atoms with Crippen LogP contribution < -0.4 is 16.0 Å². The number of hydrogen-bond acceptors (Lipinski definition) is 5. The third kappa shape index (κ3) is 4.73. The highest BCUT2D eigenvalue weighted by molar-refractivity contribution is 9.10. The molecule has 1 aromatic rings. The van der Waals surface area contributed by atoms with Gasteiger partial charge in [-0.2, -0.15) is 13.2 Å². The highest BCUT2D eigenvalue weighted by Gasteiger charge is 2.26. The van der Waals surface area contributed by atoms with Crippen LogP contribution in [0.25, 0.3) is 0 Å². The van der Waals surface area contributed by atoms with Gasteiger partial charge in [0.05, 0.1) is 6.61 Å². The summed E-state index contributed by atoms with van der Waals surface area (Å²) >= 11 is 3.12. The largest absolute Gasteiger partial charge is 0.477 e. The maximum absolute atomic E-state index is 11.9. The van der Waals surface area contributed by atoms with Gasteiger partial charge < -0.3 is 10.2 Å². The van der Waals surface area contributed by atoms with Crippen LogP contribution in [-0.4, -0.2) is 22.8 Å². The lowest BCUT2D eigenvalue weighted by Crippen LogP contribution is -2.12.